The molecule has 0 amide bonds. The average Bonchev–Trinajstić information content (AvgIpc) is 2.89. The molecule has 0 bridgehead atoms. The van der Waals surface area contributed by atoms with Crippen molar-refractivity contribution in [1.82, 2.24) is 15.5 Å². The van der Waals surface area contributed by atoms with Crippen LogP contribution in [0.5, 0.6) is 0 Å². The summed E-state index contributed by atoms with van der Waals surface area (Å²) in [5.74, 6) is 1.68. The lowest BCUT2D eigenvalue weighted by atomic mass is 9.95. The Balaban J connectivity index is 0.00000312. The Kier molecular flexibility index (Phi) is 12.3. The van der Waals surface area contributed by atoms with Crippen molar-refractivity contribution in [1.29, 1.82) is 0 Å². The zero-order valence-electron chi connectivity index (χ0n) is 16.0. The van der Waals surface area contributed by atoms with Crippen LogP contribution in [0.1, 0.15) is 58.3 Å². The van der Waals surface area contributed by atoms with Crippen LogP contribution < -0.4 is 10.6 Å². The number of hydrogen-bond acceptors (Lipinski definition) is 3. The van der Waals surface area contributed by atoms with E-state index in [-0.39, 0.29) is 24.0 Å². The molecule has 0 aromatic carbocycles. The highest BCUT2D eigenvalue weighted by Crippen LogP contribution is 2.22. The Morgan fingerprint density at radius 1 is 1.16 bits per heavy atom. The summed E-state index contributed by atoms with van der Waals surface area (Å²) in [6.07, 6.45) is 9.89. The molecule has 2 aliphatic rings. The largest absolute Gasteiger partial charge is 0.355 e. The predicted molar refractivity (Wildman–Crippen MR) is 120 cm³/mol. The van der Waals surface area contributed by atoms with E-state index >= 15 is 0 Å². The van der Waals surface area contributed by atoms with Crippen LogP contribution in [0.2, 0.25) is 0 Å². The van der Waals surface area contributed by atoms with Crippen molar-refractivity contribution < 1.29 is 4.21 Å². The highest BCUT2D eigenvalue weighted by Gasteiger charge is 2.26. The molecule has 5 nitrogen and oxygen atoms in total. The third-order valence-corrected chi connectivity index (χ3v) is 7.01. The molecule has 3 unspecified atom stereocenters. The molecule has 0 spiro atoms. The van der Waals surface area contributed by atoms with Gasteiger partial charge in [-0.25, -0.2) is 0 Å². The van der Waals surface area contributed by atoms with Crippen molar-refractivity contribution in [2.45, 2.75) is 69.6 Å². The van der Waals surface area contributed by atoms with E-state index in [2.05, 4.69) is 20.5 Å². The molecule has 7 heteroatoms. The Morgan fingerprint density at radius 3 is 2.52 bits per heavy atom. The Morgan fingerprint density at radius 2 is 1.88 bits per heavy atom. The van der Waals surface area contributed by atoms with Gasteiger partial charge in [0.15, 0.2) is 5.96 Å². The molecule has 148 valence electrons. The van der Waals surface area contributed by atoms with Crippen molar-refractivity contribution in [2.24, 2.45) is 4.99 Å². The molecule has 1 saturated carbocycles. The predicted octanol–water partition coefficient (Wildman–Crippen LogP) is 2.73. The molecule has 1 heterocycles. The van der Waals surface area contributed by atoms with Crippen LogP contribution in [-0.2, 0) is 10.8 Å². The van der Waals surface area contributed by atoms with E-state index in [9.17, 15) is 4.21 Å². The third-order valence-electron chi connectivity index (χ3n) is 5.27. The highest BCUT2D eigenvalue weighted by atomic mass is 127. The monoisotopic (exact) mass is 484 g/mol. The molecular formula is C18H37IN4OS. The van der Waals surface area contributed by atoms with Gasteiger partial charge in [-0.1, -0.05) is 26.2 Å². The van der Waals surface area contributed by atoms with Gasteiger partial charge < -0.3 is 15.5 Å². The van der Waals surface area contributed by atoms with Gasteiger partial charge in [0.2, 0.25) is 0 Å². The number of rotatable bonds is 6. The van der Waals surface area contributed by atoms with E-state index in [4.69, 9.17) is 0 Å². The molecule has 1 aliphatic heterocycles. The minimum atomic E-state index is -0.668. The van der Waals surface area contributed by atoms with E-state index in [0.29, 0.717) is 11.3 Å². The molecule has 0 radical (unpaired) electrons. The van der Waals surface area contributed by atoms with E-state index in [0.717, 1.165) is 44.1 Å². The van der Waals surface area contributed by atoms with Gasteiger partial charge in [0.05, 0.1) is 0 Å². The quantitative estimate of drug-likeness (QED) is 0.346. The molecule has 0 aromatic heterocycles. The van der Waals surface area contributed by atoms with E-state index < -0.39 is 10.8 Å². The van der Waals surface area contributed by atoms with Crippen molar-refractivity contribution in [3.05, 3.63) is 0 Å². The lowest BCUT2D eigenvalue weighted by Crippen LogP contribution is -2.48. The van der Waals surface area contributed by atoms with Crippen LogP contribution in [0.15, 0.2) is 4.99 Å². The lowest BCUT2D eigenvalue weighted by Gasteiger charge is -2.30. The Labute approximate surface area is 173 Å². The summed E-state index contributed by atoms with van der Waals surface area (Å²) in [6, 6.07) is 0.406. The van der Waals surface area contributed by atoms with Crippen LogP contribution in [0.25, 0.3) is 0 Å². The average molecular weight is 484 g/mol. The smallest absolute Gasteiger partial charge is 0.191 e. The molecule has 1 saturated heterocycles. The van der Waals surface area contributed by atoms with Crippen LogP contribution in [0.4, 0.5) is 0 Å². The van der Waals surface area contributed by atoms with Gasteiger partial charge in [-0.15, -0.1) is 24.0 Å². The maximum absolute atomic E-state index is 12.1. The molecule has 2 fully saturated rings. The molecular weight excluding hydrogens is 447 g/mol. The normalized spacial score (nSPS) is 27.0. The van der Waals surface area contributed by atoms with Gasteiger partial charge in [0, 0.05) is 48.0 Å². The second kappa shape index (κ2) is 13.3. The molecule has 3 atom stereocenters. The number of nitrogens with zero attached hydrogens (tertiary/aromatic N) is 2. The van der Waals surface area contributed by atoms with Crippen molar-refractivity contribution in [2.75, 3.05) is 39.0 Å². The summed E-state index contributed by atoms with van der Waals surface area (Å²) in [7, 11) is 1.17. The van der Waals surface area contributed by atoms with Gasteiger partial charge >= 0.3 is 0 Å². The Bertz CT molecular complexity index is 414. The van der Waals surface area contributed by atoms with Crippen LogP contribution in [-0.4, -0.2) is 65.3 Å². The van der Waals surface area contributed by atoms with Crippen LogP contribution in [0, 0.1) is 0 Å². The fourth-order valence-electron chi connectivity index (χ4n) is 3.83. The zero-order chi connectivity index (χ0) is 17.2. The third kappa shape index (κ3) is 8.56. The minimum absolute atomic E-state index is 0. The van der Waals surface area contributed by atoms with Gasteiger partial charge in [-0.2, -0.15) is 0 Å². The van der Waals surface area contributed by atoms with Gasteiger partial charge in [-0.05, 0) is 45.2 Å². The maximum Gasteiger partial charge on any atom is 0.191 e. The zero-order valence-corrected chi connectivity index (χ0v) is 19.1. The first kappa shape index (κ1) is 23.1. The number of nitrogens with one attached hydrogen (secondary N) is 2. The number of guanidine groups is 1. The van der Waals surface area contributed by atoms with Gasteiger partial charge in [0.1, 0.15) is 0 Å². The second-order valence-electron chi connectivity index (χ2n) is 7.05. The maximum atomic E-state index is 12.1. The van der Waals surface area contributed by atoms with Crippen molar-refractivity contribution in [3.8, 4) is 0 Å². The molecule has 25 heavy (non-hydrogen) atoms. The topological polar surface area (TPSA) is 56.7 Å². The summed E-state index contributed by atoms with van der Waals surface area (Å²) in [6.45, 7) is 6.53. The van der Waals surface area contributed by atoms with Crippen molar-refractivity contribution in [3.63, 3.8) is 0 Å². The van der Waals surface area contributed by atoms with E-state index in [1.54, 1.807) is 0 Å². The van der Waals surface area contributed by atoms with Crippen molar-refractivity contribution >= 4 is 40.7 Å². The summed E-state index contributed by atoms with van der Waals surface area (Å²) in [4.78, 5) is 6.94. The molecule has 2 rings (SSSR count). The summed E-state index contributed by atoms with van der Waals surface area (Å²) < 4.78 is 12.1. The highest BCUT2D eigenvalue weighted by molar-refractivity contribution is 14.0. The number of aliphatic imine (C=N–C) groups is 1. The SMILES string of the molecule is CCS(=O)C1CCCC(NC(=NC)NCCN2CCCCCC2)C1.I. The summed E-state index contributed by atoms with van der Waals surface area (Å²) in [5, 5.41) is 7.37. The number of likely N-dealkylation sites (tertiary alicyclic amines) is 1. The van der Waals surface area contributed by atoms with Gasteiger partial charge in [0.25, 0.3) is 0 Å². The standard InChI is InChI=1S/C18H36N4OS.HI/c1-3-24(23)17-10-8-9-16(15-17)21-18(19-2)20-11-14-22-12-6-4-5-7-13-22;/h16-17H,3-15H2,1-2H3,(H2,19,20,21);1H. The number of halogens is 1. The molecule has 1 aliphatic carbocycles. The van der Waals surface area contributed by atoms with E-state index in [1.165, 1.54) is 45.2 Å². The number of hydrogen-bond donors (Lipinski definition) is 2. The van der Waals surface area contributed by atoms with Gasteiger partial charge in [-0.3, -0.25) is 9.20 Å². The van der Waals surface area contributed by atoms with Crippen LogP contribution in [0.3, 0.4) is 0 Å². The summed E-state index contributed by atoms with van der Waals surface area (Å²) in [5.41, 5.74) is 0. The fourth-order valence-corrected chi connectivity index (χ4v) is 5.18. The van der Waals surface area contributed by atoms with E-state index in [1.807, 2.05) is 14.0 Å². The minimum Gasteiger partial charge on any atom is -0.355 e. The Hall–Kier alpha value is 0.110. The first-order valence-corrected chi connectivity index (χ1v) is 11.2. The molecule has 2 N–H and O–H groups in total. The summed E-state index contributed by atoms with van der Waals surface area (Å²) >= 11 is 0. The fraction of sp³-hybridized carbons (Fsp3) is 0.944. The second-order valence-corrected chi connectivity index (χ2v) is 9.06. The lowest BCUT2D eigenvalue weighted by molar-refractivity contribution is 0.289. The molecule has 0 aromatic rings. The van der Waals surface area contributed by atoms with Crippen LogP contribution >= 0.6 is 24.0 Å². The first-order valence-electron chi connectivity index (χ1n) is 9.79. The first-order chi connectivity index (χ1) is 11.7.